The second-order valence-electron chi connectivity index (χ2n) is 4.66. The van der Waals surface area contributed by atoms with Crippen LogP contribution in [0.15, 0.2) is 23.4 Å². The van der Waals surface area contributed by atoms with Gasteiger partial charge in [0.05, 0.1) is 0 Å². The molecule has 0 fully saturated rings. The summed E-state index contributed by atoms with van der Waals surface area (Å²) in [6.45, 7) is 5.86. The fraction of sp³-hybridized carbons (Fsp3) is 0.385. The molecule has 5 nitrogen and oxygen atoms in total. The number of amidine groups is 1. The van der Waals surface area contributed by atoms with Crippen LogP contribution in [0.1, 0.15) is 31.4 Å². The number of carbonyl (C=O) groups is 1. The molecule has 5 heteroatoms. The first-order valence-electron chi connectivity index (χ1n) is 5.82. The van der Waals surface area contributed by atoms with E-state index in [4.69, 9.17) is 10.9 Å². The molecule has 1 amide bonds. The predicted molar refractivity (Wildman–Crippen MR) is 71.8 cm³/mol. The highest BCUT2D eigenvalue weighted by molar-refractivity contribution is 5.99. The molecule has 0 bridgehead atoms. The predicted octanol–water partition coefficient (Wildman–Crippen LogP) is 2.07. The van der Waals surface area contributed by atoms with Crippen LogP contribution in [-0.4, -0.2) is 17.0 Å². The van der Waals surface area contributed by atoms with E-state index in [0.717, 1.165) is 5.56 Å². The third kappa shape index (κ3) is 3.76. The van der Waals surface area contributed by atoms with Crippen molar-refractivity contribution in [2.75, 3.05) is 5.32 Å². The topological polar surface area (TPSA) is 87.7 Å². The van der Waals surface area contributed by atoms with Gasteiger partial charge in [-0.05, 0) is 24.5 Å². The van der Waals surface area contributed by atoms with Crippen molar-refractivity contribution in [2.24, 2.45) is 16.8 Å². The molecule has 4 N–H and O–H groups in total. The van der Waals surface area contributed by atoms with E-state index in [1.54, 1.807) is 12.1 Å². The fourth-order valence-corrected chi connectivity index (χ4v) is 1.55. The van der Waals surface area contributed by atoms with Gasteiger partial charge < -0.3 is 16.3 Å². The Balaban J connectivity index is 2.91. The van der Waals surface area contributed by atoms with E-state index in [1.807, 2.05) is 26.8 Å². The lowest BCUT2D eigenvalue weighted by Gasteiger charge is -2.11. The Hall–Kier alpha value is -2.04. The lowest BCUT2D eigenvalue weighted by molar-refractivity contribution is -0.116. The molecule has 0 unspecified atom stereocenters. The highest BCUT2D eigenvalue weighted by atomic mass is 16.4. The molecule has 1 rings (SSSR count). The summed E-state index contributed by atoms with van der Waals surface area (Å²) in [5, 5.41) is 14.4. The fourth-order valence-electron chi connectivity index (χ4n) is 1.55. The first-order valence-corrected chi connectivity index (χ1v) is 5.82. The molecule has 0 heterocycles. The van der Waals surface area contributed by atoms with Gasteiger partial charge in [-0.25, -0.2) is 0 Å². The zero-order chi connectivity index (χ0) is 13.7. The average molecular weight is 249 g/mol. The third-order valence-electron chi connectivity index (χ3n) is 2.51. The van der Waals surface area contributed by atoms with Crippen LogP contribution in [-0.2, 0) is 4.79 Å². The van der Waals surface area contributed by atoms with E-state index in [0.29, 0.717) is 23.6 Å². The third-order valence-corrected chi connectivity index (χ3v) is 2.51. The Morgan fingerprint density at radius 3 is 2.72 bits per heavy atom. The molecule has 0 radical (unpaired) electrons. The standard InChI is InChI=1S/C13H19N3O2/c1-8(2)6-12(17)15-11-7-10(13(14)16-18)5-4-9(11)3/h4-5,7-8,18H,6H2,1-3H3,(H2,14,16)(H,15,17). The van der Waals surface area contributed by atoms with Crippen molar-refractivity contribution >= 4 is 17.4 Å². The van der Waals surface area contributed by atoms with Crippen LogP contribution in [0.4, 0.5) is 5.69 Å². The minimum atomic E-state index is -0.0373. The number of aryl methyl sites for hydroxylation is 1. The number of hydrogen-bond acceptors (Lipinski definition) is 3. The number of nitrogens with one attached hydrogen (secondary N) is 1. The number of oxime groups is 1. The van der Waals surface area contributed by atoms with E-state index in [-0.39, 0.29) is 11.7 Å². The molecule has 98 valence electrons. The van der Waals surface area contributed by atoms with Crippen molar-refractivity contribution in [2.45, 2.75) is 27.2 Å². The van der Waals surface area contributed by atoms with E-state index in [2.05, 4.69) is 10.5 Å². The van der Waals surface area contributed by atoms with E-state index in [1.165, 1.54) is 0 Å². The van der Waals surface area contributed by atoms with Gasteiger partial charge >= 0.3 is 0 Å². The van der Waals surface area contributed by atoms with Gasteiger partial charge in [0.2, 0.25) is 5.91 Å². The minimum absolute atomic E-state index is 0.0226. The molecule has 0 saturated heterocycles. The van der Waals surface area contributed by atoms with Crippen molar-refractivity contribution < 1.29 is 10.0 Å². The largest absolute Gasteiger partial charge is 0.409 e. The van der Waals surface area contributed by atoms with Gasteiger partial charge in [-0.15, -0.1) is 0 Å². The molecule has 0 atom stereocenters. The van der Waals surface area contributed by atoms with Crippen LogP contribution in [0.5, 0.6) is 0 Å². The van der Waals surface area contributed by atoms with Crippen LogP contribution in [0, 0.1) is 12.8 Å². The summed E-state index contributed by atoms with van der Waals surface area (Å²) >= 11 is 0. The molecule has 1 aromatic carbocycles. The summed E-state index contributed by atoms with van der Waals surface area (Å²) in [5.41, 5.74) is 7.70. The molecular formula is C13H19N3O2. The highest BCUT2D eigenvalue weighted by Crippen LogP contribution is 2.17. The Kier molecular flexibility index (Phi) is 4.71. The summed E-state index contributed by atoms with van der Waals surface area (Å²) in [7, 11) is 0. The number of nitrogens with zero attached hydrogens (tertiary/aromatic N) is 1. The maximum Gasteiger partial charge on any atom is 0.224 e. The number of benzene rings is 1. The van der Waals surface area contributed by atoms with Crippen molar-refractivity contribution in [3.05, 3.63) is 29.3 Å². The first kappa shape index (κ1) is 14.0. The molecule has 0 aliphatic carbocycles. The summed E-state index contributed by atoms with van der Waals surface area (Å²) in [6.07, 6.45) is 0.466. The minimum Gasteiger partial charge on any atom is -0.409 e. The highest BCUT2D eigenvalue weighted by Gasteiger charge is 2.09. The van der Waals surface area contributed by atoms with Gasteiger partial charge in [-0.1, -0.05) is 31.1 Å². The van der Waals surface area contributed by atoms with Gasteiger partial charge in [0.15, 0.2) is 5.84 Å². The Morgan fingerprint density at radius 2 is 2.17 bits per heavy atom. The molecule has 0 aromatic heterocycles. The lowest BCUT2D eigenvalue weighted by atomic mass is 10.1. The van der Waals surface area contributed by atoms with Gasteiger partial charge in [0, 0.05) is 17.7 Å². The Bertz CT molecular complexity index is 467. The van der Waals surface area contributed by atoms with Crippen LogP contribution in [0.3, 0.4) is 0 Å². The normalized spacial score (nSPS) is 11.7. The van der Waals surface area contributed by atoms with Gasteiger partial charge in [-0.3, -0.25) is 4.79 Å². The molecule has 0 aliphatic heterocycles. The second kappa shape index (κ2) is 6.05. The molecule has 1 aromatic rings. The van der Waals surface area contributed by atoms with E-state index >= 15 is 0 Å². The summed E-state index contributed by atoms with van der Waals surface area (Å²) < 4.78 is 0. The number of anilines is 1. The van der Waals surface area contributed by atoms with Gasteiger partial charge in [-0.2, -0.15) is 0 Å². The summed E-state index contributed by atoms with van der Waals surface area (Å²) in [5.74, 6) is 0.289. The maximum absolute atomic E-state index is 11.7. The maximum atomic E-state index is 11.7. The smallest absolute Gasteiger partial charge is 0.224 e. The number of nitrogens with two attached hydrogens (primary N) is 1. The first-order chi connectivity index (χ1) is 8.43. The van der Waals surface area contributed by atoms with E-state index < -0.39 is 0 Å². The Labute approximate surface area is 107 Å². The second-order valence-corrected chi connectivity index (χ2v) is 4.66. The van der Waals surface area contributed by atoms with Gasteiger partial charge in [0.25, 0.3) is 0 Å². The number of hydrogen-bond donors (Lipinski definition) is 3. The zero-order valence-electron chi connectivity index (χ0n) is 10.9. The average Bonchev–Trinajstić information content (AvgIpc) is 2.30. The summed E-state index contributed by atoms with van der Waals surface area (Å²) in [6, 6.07) is 5.25. The molecule has 0 aliphatic rings. The summed E-state index contributed by atoms with van der Waals surface area (Å²) in [4.78, 5) is 11.7. The van der Waals surface area contributed by atoms with Crippen molar-refractivity contribution in [3.63, 3.8) is 0 Å². The van der Waals surface area contributed by atoms with Crippen LogP contribution in [0.2, 0.25) is 0 Å². The zero-order valence-corrected chi connectivity index (χ0v) is 10.9. The Morgan fingerprint density at radius 1 is 1.50 bits per heavy atom. The van der Waals surface area contributed by atoms with Crippen molar-refractivity contribution in [1.29, 1.82) is 0 Å². The molecule has 0 spiro atoms. The van der Waals surface area contributed by atoms with Gasteiger partial charge in [0.1, 0.15) is 0 Å². The molecular weight excluding hydrogens is 230 g/mol. The lowest BCUT2D eigenvalue weighted by Crippen LogP contribution is -2.17. The molecule has 0 saturated carbocycles. The SMILES string of the molecule is Cc1ccc(C(N)=NO)cc1NC(=O)CC(C)C. The number of rotatable bonds is 4. The quantitative estimate of drug-likeness (QED) is 0.330. The van der Waals surface area contributed by atoms with Crippen LogP contribution < -0.4 is 11.1 Å². The molecule has 18 heavy (non-hydrogen) atoms. The van der Waals surface area contributed by atoms with E-state index in [9.17, 15) is 4.79 Å². The van der Waals surface area contributed by atoms with Crippen molar-refractivity contribution in [1.82, 2.24) is 0 Å². The van der Waals surface area contributed by atoms with Crippen LogP contribution >= 0.6 is 0 Å². The number of carbonyl (C=O) groups excluding carboxylic acids is 1. The van der Waals surface area contributed by atoms with Crippen LogP contribution in [0.25, 0.3) is 0 Å². The number of amides is 1. The van der Waals surface area contributed by atoms with Crippen molar-refractivity contribution in [3.8, 4) is 0 Å². The monoisotopic (exact) mass is 249 g/mol.